The van der Waals surface area contributed by atoms with Crippen molar-refractivity contribution < 1.29 is 9.72 Å². The molecule has 1 amide bonds. The lowest BCUT2D eigenvalue weighted by Crippen LogP contribution is -2.44. The van der Waals surface area contributed by atoms with Crippen molar-refractivity contribution in [1.82, 2.24) is 15.3 Å². The van der Waals surface area contributed by atoms with Crippen LogP contribution in [0.15, 0.2) is 18.5 Å². The Kier molecular flexibility index (Phi) is 4.02. The average Bonchev–Trinajstić information content (AvgIpc) is 2.53. The molecule has 1 aromatic carbocycles. The molecule has 0 unspecified atom stereocenters. The number of aromatic nitrogens is 2. The van der Waals surface area contributed by atoms with Crippen molar-refractivity contribution in [3.05, 3.63) is 28.6 Å². The predicted molar refractivity (Wildman–Crippen MR) is 85.6 cm³/mol. The number of nitrogens with zero attached hydrogens (tertiary/aromatic N) is 4. The molecule has 0 spiro atoms. The molecule has 0 bridgehead atoms. The van der Waals surface area contributed by atoms with Crippen molar-refractivity contribution in [2.45, 2.75) is 6.92 Å². The summed E-state index contributed by atoms with van der Waals surface area (Å²) in [6.45, 7) is 4.51. The first-order valence-corrected chi connectivity index (χ1v) is 7.22. The Morgan fingerprint density at radius 3 is 2.74 bits per heavy atom. The number of nitro benzene ring substituents is 1. The summed E-state index contributed by atoms with van der Waals surface area (Å²) in [6.07, 6.45) is 1.43. The molecule has 1 aliphatic rings. The van der Waals surface area contributed by atoms with Crippen molar-refractivity contribution in [1.29, 1.82) is 0 Å². The number of anilines is 2. The second-order valence-corrected chi connectivity index (χ2v) is 5.26. The van der Waals surface area contributed by atoms with Gasteiger partial charge >= 0.3 is 0 Å². The third-order valence-corrected chi connectivity index (χ3v) is 3.66. The summed E-state index contributed by atoms with van der Waals surface area (Å²) in [7, 11) is 0. The van der Waals surface area contributed by atoms with E-state index in [2.05, 4.69) is 25.5 Å². The van der Waals surface area contributed by atoms with E-state index in [-0.39, 0.29) is 17.3 Å². The normalized spacial score (nSPS) is 14.7. The quantitative estimate of drug-likeness (QED) is 0.639. The molecule has 0 radical (unpaired) electrons. The molecule has 0 saturated carbocycles. The van der Waals surface area contributed by atoms with Crippen molar-refractivity contribution in [3.63, 3.8) is 0 Å². The van der Waals surface area contributed by atoms with E-state index in [1.54, 1.807) is 0 Å². The summed E-state index contributed by atoms with van der Waals surface area (Å²) >= 11 is 0. The van der Waals surface area contributed by atoms with E-state index in [1.165, 1.54) is 25.4 Å². The SMILES string of the molecule is CC(=O)Nc1cc2ncnc(N3CCNCC3)c2cc1[N+](=O)[O-]. The maximum Gasteiger partial charge on any atom is 0.293 e. The lowest BCUT2D eigenvalue weighted by molar-refractivity contribution is -0.383. The zero-order chi connectivity index (χ0) is 16.4. The molecule has 120 valence electrons. The molecule has 2 N–H and O–H groups in total. The standard InChI is InChI=1S/C14H16N6O3/c1-9(21)18-12-7-11-10(6-13(12)20(22)23)14(17-8-16-11)19-4-2-15-3-5-19/h6-8,15H,2-5H2,1H3,(H,18,21). The Morgan fingerprint density at radius 1 is 1.35 bits per heavy atom. The Labute approximate surface area is 131 Å². The van der Waals surface area contributed by atoms with Crippen molar-refractivity contribution >= 4 is 34.0 Å². The summed E-state index contributed by atoms with van der Waals surface area (Å²) in [6, 6.07) is 2.94. The summed E-state index contributed by atoms with van der Waals surface area (Å²) in [4.78, 5) is 32.6. The van der Waals surface area contributed by atoms with Crippen LogP contribution in [0.4, 0.5) is 17.2 Å². The smallest absolute Gasteiger partial charge is 0.293 e. The van der Waals surface area contributed by atoms with Gasteiger partial charge in [0.2, 0.25) is 5.91 Å². The molecule has 3 rings (SSSR count). The van der Waals surface area contributed by atoms with Crippen LogP contribution >= 0.6 is 0 Å². The van der Waals surface area contributed by atoms with Crippen LogP contribution in [0.2, 0.25) is 0 Å². The Bertz CT molecular complexity index is 772. The molecule has 9 nitrogen and oxygen atoms in total. The molecule has 23 heavy (non-hydrogen) atoms. The number of hydrogen-bond donors (Lipinski definition) is 2. The lowest BCUT2D eigenvalue weighted by atomic mass is 10.1. The molecule has 1 aliphatic heterocycles. The minimum Gasteiger partial charge on any atom is -0.353 e. The number of piperazine rings is 1. The van der Waals surface area contributed by atoms with Crippen LogP contribution in [0.3, 0.4) is 0 Å². The highest BCUT2D eigenvalue weighted by Crippen LogP contribution is 2.33. The molecule has 0 aliphatic carbocycles. The second-order valence-electron chi connectivity index (χ2n) is 5.26. The van der Waals surface area contributed by atoms with Gasteiger partial charge in [0.15, 0.2) is 0 Å². The highest BCUT2D eigenvalue weighted by Gasteiger charge is 2.21. The number of nitrogens with one attached hydrogen (secondary N) is 2. The van der Waals surface area contributed by atoms with Crippen LogP contribution in [-0.2, 0) is 4.79 Å². The van der Waals surface area contributed by atoms with E-state index in [0.29, 0.717) is 16.7 Å². The molecule has 1 saturated heterocycles. The monoisotopic (exact) mass is 316 g/mol. The molecular formula is C14H16N6O3. The number of amides is 1. The van der Waals surface area contributed by atoms with Gasteiger partial charge in [0.1, 0.15) is 17.8 Å². The number of carbonyl (C=O) groups excluding carboxylic acids is 1. The van der Waals surface area contributed by atoms with Gasteiger partial charge in [-0.15, -0.1) is 0 Å². The zero-order valence-corrected chi connectivity index (χ0v) is 12.6. The van der Waals surface area contributed by atoms with Gasteiger partial charge in [0.05, 0.1) is 10.4 Å². The third kappa shape index (κ3) is 3.04. The van der Waals surface area contributed by atoms with E-state index < -0.39 is 4.92 Å². The minimum absolute atomic E-state index is 0.139. The first kappa shape index (κ1) is 15.1. The van der Waals surface area contributed by atoms with E-state index in [0.717, 1.165) is 26.2 Å². The number of hydrogen-bond acceptors (Lipinski definition) is 7. The highest BCUT2D eigenvalue weighted by molar-refractivity contribution is 5.99. The number of benzene rings is 1. The van der Waals surface area contributed by atoms with Crippen LogP contribution in [-0.4, -0.2) is 47.0 Å². The molecule has 2 heterocycles. The van der Waals surface area contributed by atoms with E-state index in [1.807, 2.05) is 0 Å². The zero-order valence-electron chi connectivity index (χ0n) is 12.6. The van der Waals surface area contributed by atoms with E-state index in [9.17, 15) is 14.9 Å². The van der Waals surface area contributed by atoms with Gasteiger partial charge in [-0.3, -0.25) is 14.9 Å². The van der Waals surface area contributed by atoms with E-state index >= 15 is 0 Å². The second kappa shape index (κ2) is 6.13. The number of carbonyl (C=O) groups is 1. The maximum absolute atomic E-state index is 11.3. The van der Waals surface area contributed by atoms with Crippen LogP contribution in [0.1, 0.15) is 6.92 Å². The fourth-order valence-corrected chi connectivity index (χ4v) is 2.65. The number of rotatable bonds is 3. The van der Waals surface area contributed by atoms with Crippen LogP contribution in [0.5, 0.6) is 0 Å². The summed E-state index contributed by atoms with van der Waals surface area (Å²) in [5.41, 5.74) is 0.529. The van der Waals surface area contributed by atoms with Gasteiger partial charge in [-0.1, -0.05) is 0 Å². The number of nitro groups is 1. The first-order chi connectivity index (χ1) is 11.1. The lowest BCUT2D eigenvalue weighted by Gasteiger charge is -2.29. The van der Waals surface area contributed by atoms with Crippen molar-refractivity contribution in [3.8, 4) is 0 Å². The van der Waals surface area contributed by atoms with Crippen LogP contribution in [0, 0.1) is 10.1 Å². The summed E-state index contributed by atoms with van der Waals surface area (Å²) < 4.78 is 0. The maximum atomic E-state index is 11.3. The fourth-order valence-electron chi connectivity index (χ4n) is 2.65. The predicted octanol–water partition coefficient (Wildman–Crippen LogP) is 0.906. The van der Waals surface area contributed by atoms with Crippen molar-refractivity contribution in [2.75, 3.05) is 36.4 Å². The Balaban J connectivity index is 2.14. The van der Waals surface area contributed by atoms with Gasteiger partial charge in [-0.05, 0) is 6.07 Å². The van der Waals surface area contributed by atoms with Gasteiger partial charge < -0.3 is 15.5 Å². The fraction of sp³-hybridized carbons (Fsp3) is 0.357. The van der Waals surface area contributed by atoms with Gasteiger partial charge in [0, 0.05) is 44.6 Å². The largest absolute Gasteiger partial charge is 0.353 e. The Morgan fingerprint density at radius 2 is 2.09 bits per heavy atom. The minimum atomic E-state index is -0.515. The van der Waals surface area contributed by atoms with E-state index in [4.69, 9.17) is 0 Å². The third-order valence-electron chi connectivity index (χ3n) is 3.66. The molecule has 9 heteroatoms. The van der Waals surface area contributed by atoms with Gasteiger partial charge in [0.25, 0.3) is 5.69 Å². The van der Waals surface area contributed by atoms with Crippen molar-refractivity contribution in [2.24, 2.45) is 0 Å². The summed E-state index contributed by atoms with van der Waals surface area (Å²) in [5, 5.41) is 17.7. The molecule has 2 aromatic rings. The van der Waals surface area contributed by atoms with Gasteiger partial charge in [-0.2, -0.15) is 0 Å². The molecule has 0 atom stereocenters. The highest BCUT2D eigenvalue weighted by atomic mass is 16.6. The van der Waals surface area contributed by atoms with Crippen LogP contribution < -0.4 is 15.5 Å². The Hall–Kier alpha value is -2.81. The van der Waals surface area contributed by atoms with Gasteiger partial charge in [-0.25, -0.2) is 9.97 Å². The summed E-state index contributed by atoms with van der Waals surface area (Å²) in [5.74, 6) is 0.304. The molecular weight excluding hydrogens is 300 g/mol. The molecule has 1 fully saturated rings. The van der Waals surface area contributed by atoms with Crippen LogP contribution in [0.25, 0.3) is 10.9 Å². The number of fused-ring (bicyclic) bond motifs is 1. The molecule has 1 aromatic heterocycles. The topological polar surface area (TPSA) is 113 Å². The first-order valence-electron chi connectivity index (χ1n) is 7.22. The average molecular weight is 316 g/mol.